The van der Waals surface area contributed by atoms with Crippen LogP contribution in [0.25, 0.3) is 22.4 Å². The van der Waals surface area contributed by atoms with Gasteiger partial charge in [0.2, 0.25) is 10.7 Å². The molecule has 148 valence electrons. The van der Waals surface area contributed by atoms with Crippen LogP contribution in [0.3, 0.4) is 0 Å². The Bertz CT molecular complexity index is 1290. The molecule has 2 aromatic carbocycles. The second kappa shape index (κ2) is 7.73. The van der Waals surface area contributed by atoms with Gasteiger partial charge in [0.15, 0.2) is 17.3 Å². The Labute approximate surface area is 174 Å². The van der Waals surface area contributed by atoms with E-state index in [-0.39, 0.29) is 5.56 Å². The molecule has 0 aliphatic heterocycles. The summed E-state index contributed by atoms with van der Waals surface area (Å²) in [5.74, 6) is 1.83. The normalized spacial score (nSPS) is 11.8. The van der Waals surface area contributed by atoms with E-state index < -0.39 is 0 Å². The van der Waals surface area contributed by atoms with Crippen molar-refractivity contribution >= 4 is 34.0 Å². The van der Waals surface area contributed by atoms with Crippen molar-refractivity contribution in [3.63, 3.8) is 0 Å². The van der Waals surface area contributed by atoms with Gasteiger partial charge in [0.05, 0.1) is 25.9 Å². The molecule has 0 aliphatic carbocycles. The molecule has 4 aromatic rings. The molecule has 4 rings (SSSR count). The smallest absolute Gasteiger partial charge is 0.291 e. The van der Waals surface area contributed by atoms with Gasteiger partial charge in [0.25, 0.3) is 5.56 Å². The van der Waals surface area contributed by atoms with Gasteiger partial charge >= 0.3 is 0 Å². The van der Waals surface area contributed by atoms with Gasteiger partial charge < -0.3 is 14.2 Å². The van der Waals surface area contributed by atoms with Crippen molar-refractivity contribution < 1.29 is 14.2 Å². The number of hydrogen-bond donors (Lipinski definition) is 0. The lowest BCUT2D eigenvalue weighted by Gasteiger charge is -2.12. The van der Waals surface area contributed by atoms with Crippen LogP contribution in [0.15, 0.2) is 41.2 Å². The predicted molar refractivity (Wildman–Crippen MR) is 112 cm³/mol. The number of methoxy groups -OCH3 is 3. The molecule has 29 heavy (non-hydrogen) atoms. The van der Waals surface area contributed by atoms with Gasteiger partial charge in [-0.2, -0.15) is 9.50 Å². The molecule has 0 unspecified atom stereocenters. The summed E-state index contributed by atoms with van der Waals surface area (Å²) in [6.45, 7) is 0. The van der Waals surface area contributed by atoms with Gasteiger partial charge in [-0.25, -0.2) is 0 Å². The fourth-order valence-corrected chi connectivity index (χ4v) is 4.02. The van der Waals surface area contributed by atoms with Crippen LogP contribution in [0.2, 0.25) is 5.02 Å². The second-order valence-electron chi connectivity index (χ2n) is 6.01. The van der Waals surface area contributed by atoms with Crippen molar-refractivity contribution in [1.29, 1.82) is 0 Å². The van der Waals surface area contributed by atoms with E-state index in [2.05, 4.69) is 10.1 Å². The van der Waals surface area contributed by atoms with Gasteiger partial charge in [0, 0.05) is 10.6 Å². The minimum atomic E-state index is -0.240. The van der Waals surface area contributed by atoms with Crippen molar-refractivity contribution in [1.82, 2.24) is 14.6 Å². The number of hydrogen-bond acceptors (Lipinski definition) is 7. The number of rotatable bonds is 5. The summed E-state index contributed by atoms with van der Waals surface area (Å²) in [5, 5.41) is 4.98. The van der Waals surface area contributed by atoms with Crippen LogP contribution in [0, 0.1) is 0 Å². The molecule has 0 saturated heterocycles. The van der Waals surface area contributed by atoms with Crippen LogP contribution in [0.4, 0.5) is 0 Å². The van der Waals surface area contributed by atoms with E-state index >= 15 is 0 Å². The molecular weight excluding hydrogens is 414 g/mol. The standard InChI is InChI=1S/C20H16ClN3O4S/c1-26-14-9-12(10-15(27-2)17(14)28-3)18-22-20-24(23-18)19(25)16(29-20)8-11-5-4-6-13(21)7-11/h4-10H,1-3H3/b16-8+. The summed E-state index contributed by atoms with van der Waals surface area (Å²) in [5.41, 5.74) is 1.25. The van der Waals surface area contributed by atoms with E-state index in [1.54, 1.807) is 30.3 Å². The molecular formula is C20H16ClN3O4S. The molecule has 9 heteroatoms. The van der Waals surface area contributed by atoms with Crippen molar-refractivity contribution in [2.24, 2.45) is 0 Å². The number of aromatic nitrogens is 3. The van der Waals surface area contributed by atoms with Crippen molar-refractivity contribution in [2.45, 2.75) is 0 Å². The van der Waals surface area contributed by atoms with Crippen LogP contribution < -0.4 is 24.3 Å². The summed E-state index contributed by atoms with van der Waals surface area (Å²) < 4.78 is 17.9. The van der Waals surface area contributed by atoms with E-state index in [0.29, 0.717) is 43.2 Å². The maximum atomic E-state index is 12.7. The Balaban J connectivity index is 1.81. The van der Waals surface area contributed by atoms with Crippen LogP contribution in [0.5, 0.6) is 17.2 Å². The molecule has 0 fully saturated rings. The first-order valence-corrected chi connectivity index (χ1v) is 9.70. The Kier molecular flexibility index (Phi) is 5.12. The third kappa shape index (κ3) is 3.52. The zero-order valence-corrected chi connectivity index (χ0v) is 17.4. The molecule has 0 radical (unpaired) electrons. The van der Waals surface area contributed by atoms with E-state index in [4.69, 9.17) is 25.8 Å². The largest absolute Gasteiger partial charge is 0.493 e. The minimum absolute atomic E-state index is 0.240. The van der Waals surface area contributed by atoms with E-state index in [1.165, 1.54) is 37.2 Å². The second-order valence-corrected chi connectivity index (χ2v) is 7.46. The average molecular weight is 430 g/mol. The Hall–Kier alpha value is -3.10. The molecule has 0 aliphatic rings. The number of nitrogens with zero attached hydrogens (tertiary/aromatic N) is 3. The molecule has 0 amide bonds. The van der Waals surface area contributed by atoms with E-state index in [9.17, 15) is 4.79 Å². The number of halogens is 1. The molecule has 2 aromatic heterocycles. The Morgan fingerprint density at radius 1 is 1.07 bits per heavy atom. The first-order chi connectivity index (χ1) is 14.0. The summed E-state index contributed by atoms with van der Waals surface area (Å²) in [4.78, 5) is 17.7. The first kappa shape index (κ1) is 19.2. The van der Waals surface area contributed by atoms with Crippen LogP contribution in [0.1, 0.15) is 5.56 Å². The van der Waals surface area contributed by atoms with Crippen molar-refractivity contribution in [3.8, 4) is 28.6 Å². The molecule has 0 N–H and O–H groups in total. The molecule has 0 bridgehead atoms. The highest BCUT2D eigenvalue weighted by atomic mass is 35.5. The third-order valence-electron chi connectivity index (χ3n) is 4.25. The number of benzene rings is 2. The molecule has 0 atom stereocenters. The SMILES string of the molecule is COc1cc(-c2nc3s/c(=C/c4cccc(Cl)c4)c(=O)n3n2)cc(OC)c1OC. The van der Waals surface area contributed by atoms with E-state index in [0.717, 1.165) is 5.56 Å². The maximum absolute atomic E-state index is 12.7. The zero-order chi connectivity index (χ0) is 20.5. The lowest BCUT2D eigenvalue weighted by molar-refractivity contribution is 0.324. The predicted octanol–water partition coefficient (Wildman–Crippen LogP) is 3.04. The molecule has 0 spiro atoms. The summed E-state index contributed by atoms with van der Waals surface area (Å²) >= 11 is 7.27. The monoisotopic (exact) mass is 429 g/mol. The first-order valence-electron chi connectivity index (χ1n) is 8.51. The van der Waals surface area contributed by atoms with Crippen LogP contribution >= 0.6 is 22.9 Å². The minimum Gasteiger partial charge on any atom is -0.493 e. The lowest BCUT2D eigenvalue weighted by atomic mass is 10.1. The Morgan fingerprint density at radius 2 is 1.79 bits per heavy atom. The average Bonchev–Trinajstić information content (AvgIpc) is 3.26. The van der Waals surface area contributed by atoms with E-state index in [1.807, 2.05) is 12.1 Å². The Morgan fingerprint density at radius 3 is 2.38 bits per heavy atom. The summed E-state index contributed by atoms with van der Waals surface area (Å²) in [6.07, 6.45) is 1.77. The van der Waals surface area contributed by atoms with Crippen molar-refractivity contribution in [2.75, 3.05) is 21.3 Å². The van der Waals surface area contributed by atoms with Gasteiger partial charge in [0.1, 0.15) is 0 Å². The quantitative estimate of drug-likeness (QED) is 0.485. The molecule has 7 nitrogen and oxygen atoms in total. The number of thiazole rings is 1. The lowest BCUT2D eigenvalue weighted by Crippen LogP contribution is -2.23. The third-order valence-corrected chi connectivity index (χ3v) is 5.45. The molecule has 0 saturated carbocycles. The fraction of sp³-hybridized carbons (Fsp3) is 0.150. The highest BCUT2D eigenvalue weighted by Crippen LogP contribution is 2.40. The maximum Gasteiger partial charge on any atom is 0.291 e. The molecule has 2 heterocycles. The number of ether oxygens (including phenoxy) is 3. The fourth-order valence-electron chi connectivity index (χ4n) is 2.91. The van der Waals surface area contributed by atoms with Gasteiger partial charge in [-0.1, -0.05) is 35.1 Å². The van der Waals surface area contributed by atoms with Gasteiger partial charge in [-0.3, -0.25) is 4.79 Å². The summed E-state index contributed by atoms with van der Waals surface area (Å²) in [7, 11) is 4.61. The van der Waals surface area contributed by atoms with Gasteiger partial charge in [-0.05, 0) is 35.9 Å². The van der Waals surface area contributed by atoms with Gasteiger partial charge in [-0.15, -0.1) is 5.10 Å². The topological polar surface area (TPSA) is 75.0 Å². The highest BCUT2D eigenvalue weighted by molar-refractivity contribution is 7.15. The zero-order valence-electron chi connectivity index (χ0n) is 15.8. The van der Waals surface area contributed by atoms with Crippen LogP contribution in [-0.2, 0) is 0 Å². The van der Waals surface area contributed by atoms with Crippen molar-refractivity contribution in [3.05, 3.63) is 61.9 Å². The summed E-state index contributed by atoms with van der Waals surface area (Å²) in [6, 6.07) is 10.8. The van der Waals surface area contributed by atoms with Crippen LogP contribution in [-0.4, -0.2) is 35.9 Å². The highest BCUT2D eigenvalue weighted by Gasteiger charge is 2.18. The number of fused-ring (bicyclic) bond motifs is 1.